The van der Waals surface area contributed by atoms with Gasteiger partial charge in [0.05, 0.1) is 0 Å². The number of hydrogen-bond acceptors (Lipinski definition) is 3. The van der Waals surface area contributed by atoms with E-state index >= 15 is 0 Å². The van der Waals surface area contributed by atoms with Crippen LogP contribution in [0, 0.1) is 0 Å². The number of nitrogens with zero attached hydrogens (tertiary/aromatic N) is 3. The fourth-order valence-electron chi connectivity index (χ4n) is 3.31. The summed E-state index contributed by atoms with van der Waals surface area (Å²) < 4.78 is 4.75. The monoisotopic (exact) mass is 626 g/mol. The molecule has 0 unspecified atom stereocenters. The number of carbonyl (C=O) groups is 1. The molecule has 4 rings (SSSR count). The number of allylic oxidation sites excluding steroid dienone is 2. The van der Waals surface area contributed by atoms with Gasteiger partial charge in [0.25, 0.3) is 0 Å². The summed E-state index contributed by atoms with van der Waals surface area (Å²) in [7, 11) is 0. The van der Waals surface area contributed by atoms with Gasteiger partial charge in [0.2, 0.25) is 0 Å². The first-order chi connectivity index (χ1) is 13.9. The summed E-state index contributed by atoms with van der Waals surface area (Å²) in [5.41, 5.74) is 4.86. The number of benzene rings is 1. The van der Waals surface area contributed by atoms with E-state index in [1.807, 2.05) is 11.1 Å². The number of aromatic nitrogens is 2. The fraction of sp³-hybridized carbons (Fsp3) is 0.263. The number of piperidine rings is 1. The van der Waals surface area contributed by atoms with E-state index < -0.39 is 15.0 Å². The Hall–Kier alpha value is -0.601. The summed E-state index contributed by atoms with van der Waals surface area (Å²) in [6.07, 6.45) is 7.48. The summed E-state index contributed by atoms with van der Waals surface area (Å²) in [5.74, 6) is -0.227. The Bertz CT molecular complexity index is 1030. The zero-order valence-corrected chi connectivity index (χ0v) is 22.0. The molecule has 1 amide bonds. The number of carbonyl (C=O) groups excluding carboxylic acids is 1. The van der Waals surface area contributed by atoms with Crippen molar-refractivity contribution in [3.8, 4) is 5.69 Å². The van der Waals surface area contributed by atoms with E-state index in [1.54, 1.807) is 16.8 Å². The number of rotatable bonds is 4. The molecule has 2 aliphatic rings. The normalized spacial score (nSPS) is 18.6. The van der Waals surface area contributed by atoms with Crippen molar-refractivity contribution in [2.24, 2.45) is 0 Å². The van der Waals surface area contributed by atoms with Crippen molar-refractivity contribution in [2.45, 2.75) is 19.3 Å². The minimum atomic E-state index is -0.545. The summed E-state index contributed by atoms with van der Waals surface area (Å²) in [6.45, 7) is 1.71. The third-order valence-electron chi connectivity index (χ3n) is 4.70. The maximum absolute atomic E-state index is 13.0. The van der Waals surface area contributed by atoms with Crippen LogP contribution in [-0.4, -0.2) is 48.7 Å². The molecule has 3 heterocycles. The average molecular weight is 628 g/mol. The van der Waals surface area contributed by atoms with E-state index in [9.17, 15) is 4.79 Å². The van der Waals surface area contributed by atoms with Crippen LogP contribution >= 0.6 is 55.1 Å². The third-order valence-corrected chi connectivity index (χ3v) is 9.55. The minimum absolute atomic E-state index is 0.227. The molecular formula is C19H18Br2Cl2N4OSe. The summed E-state index contributed by atoms with van der Waals surface area (Å²) in [6, 6.07) is 5.26. The van der Waals surface area contributed by atoms with Crippen LogP contribution in [0.3, 0.4) is 0 Å². The molecule has 0 saturated carbocycles. The Kier molecular flexibility index (Phi) is 6.91. The van der Waals surface area contributed by atoms with E-state index in [-0.39, 0.29) is 5.91 Å². The van der Waals surface area contributed by atoms with Gasteiger partial charge in [-0.3, -0.25) is 0 Å². The molecule has 29 heavy (non-hydrogen) atoms. The molecule has 0 aliphatic carbocycles. The second-order valence-electron chi connectivity index (χ2n) is 6.73. The molecule has 1 saturated heterocycles. The van der Waals surface area contributed by atoms with Crippen molar-refractivity contribution >= 4 is 80.4 Å². The summed E-state index contributed by atoms with van der Waals surface area (Å²) in [4.78, 5) is 13.0. The molecule has 0 spiro atoms. The van der Waals surface area contributed by atoms with Crippen LogP contribution < -0.4 is 5.43 Å². The Labute approximate surface area is 201 Å². The van der Waals surface area contributed by atoms with Crippen LogP contribution in [-0.2, 0) is 0 Å². The predicted molar refractivity (Wildman–Crippen MR) is 128 cm³/mol. The average Bonchev–Trinajstić information content (AvgIpc) is 3.25. The summed E-state index contributed by atoms with van der Waals surface area (Å²) >= 11 is 19.2. The molecule has 2 aromatic rings. The number of nitrogens with one attached hydrogen (secondary N) is 1. The molecule has 10 heteroatoms. The van der Waals surface area contributed by atoms with Crippen molar-refractivity contribution in [1.29, 1.82) is 0 Å². The molecule has 1 aromatic heterocycles. The van der Waals surface area contributed by atoms with Gasteiger partial charge in [0.15, 0.2) is 0 Å². The van der Waals surface area contributed by atoms with Crippen LogP contribution in [0.1, 0.15) is 35.4 Å². The molecule has 5 nitrogen and oxygen atoms in total. The van der Waals surface area contributed by atoms with E-state index in [4.69, 9.17) is 23.2 Å². The second kappa shape index (κ2) is 9.26. The quantitative estimate of drug-likeness (QED) is 0.494. The topological polar surface area (TPSA) is 50.2 Å². The van der Waals surface area contributed by atoms with Gasteiger partial charge < -0.3 is 0 Å². The van der Waals surface area contributed by atoms with Crippen molar-refractivity contribution in [3.05, 3.63) is 59.6 Å². The zero-order valence-electron chi connectivity index (χ0n) is 15.2. The van der Waals surface area contributed by atoms with Crippen molar-refractivity contribution in [1.82, 2.24) is 20.2 Å². The summed E-state index contributed by atoms with van der Waals surface area (Å²) in [5, 5.41) is 7.64. The Morgan fingerprint density at radius 1 is 1.14 bits per heavy atom. The molecule has 0 atom stereocenters. The molecule has 1 aromatic carbocycles. The van der Waals surface area contributed by atoms with Crippen molar-refractivity contribution < 1.29 is 4.79 Å². The van der Waals surface area contributed by atoms with Crippen molar-refractivity contribution in [3.63, 3.8) is 0 Å². The molecule has 1 fully saturated rings. The number of hydrogen-bond donors (Lipinski definition) is 1. The molecule has 1 N–H and O–H groups in total. The van der Waals surface area contributed by atoms with Gasteiger partial charge in [-0.2, -0.15) is 0 Å². The van der Waals surface area contributed by atoms with Gasteiger partial charge in [-0.1, -0.05) is 0 Å². The van der Waals surface area contributed by atoms with Crippen LogP contribution in [0.5, 0.6) is 0 Å². The molecule has 2 aliphatic heterocycles. The first-order valence-corrected chi connectivity index (χ1v) is 13.5. The van der Waals surface area contributed by atoms with E-state index in [0.29, 0.717) is 25.9 Å². The molecule has 154 valence electrons. The second-order valence-corrected chi connectivity index (χ2v) is 13.5. The predicted octanol–water partition coefficient (Wildman–Crippen LogP) is 4.83. The first kappa shape index (κ1) is 21.6. The van der Waals surface area contributed by atoms with Crippen molar-refractivity contribution in [2.75, 3.05) is 13.1 Å². The maximum atomic E-state index is 13.0. The van der Waals surface area contributed by atoms with Gasteiger partial charge in [0, 0.05) is 0 Å². The van der Waals surface area contributed by atoms with Gasteiger partial charge in [-0.25, -0.2) is 0 Å². The van der Waals surface area contributed by atoms with Gasteiger partial charge in [-0.05, 0) is 0 Å². The van der Waals surface area contributed by atoms with E-state index in [1.165, 1.54) is 9.80 Å². The Morgan fingerprint density at radius 3 is 2.55 bits per heavy atom. The zero-order chi connectivity index (χ0) is 20.5. The molecular weight excluding hydrogens is 610 g/mol. The van der Waals surface area contributed by atoms with E-state index in [0.717, 1.165) is 36.1 Å². The standard InChI is InChI=1S/C19H18Br2Cl2N4OSe/c20-15-7-6-14(29-15)18-16(21)17(19(28)25-26-8-2-1-3-9-26)24-27(18)13-5-4-11(22)10-12(13)23/h4-7,10H,1-3,8-9,29H2,(H,25,28). The van der Waals surface area contributed by atoms with Gasteiger partial charge in [0.1, 0.15) is 0 Å². The SMILES string of the molecule is O=C(NN1CCCCC1)c1nn(-c2ccc(Cl)cc2Cl)c(C2=CC=C(Br)[SeH2]2)c1Br. The number of halogens is 4. The van der Waals surface area contributed by atoms with Gasteiger partial charge >= 0.3 is 203 Å². The Balaban J connectivity index is 1.75. The van der Waals surface area contributed by atoms with E-state index in [2.05, 4.69) is 54.5 Å². The molecule has 0 bridgehead atoms. The Morgan fingerprint density at radius 2 is 1.90 bits per heavy atom. The first-order valence-electron chi connectivity index (χ1n) is 9.09. The third kappa shape index (κ3) is 4.69. The van der Waals surface area contributed by atoms with Crippen LogP contribution in [0.2, 0.25) is 10.0 Å². The fourth-order valence-corrected chi connectivity index (χ4v) is 8.04. The molecule has 0 radical (unpaired) electrons. The number of hydrazine groups is 1. The van der Waals surface area contributed by atoms with Crippen LogP contribution in [0.15, 0.2) is 38.2 Å². The van der Waals surface area contributed by atoms with Crippen LogP contribution in [0.4, 0.5) is 0 Å². The van der Waals surface area contributed by atoms with Gasteiger partial charge in [-0.15, -0.1) is 0 Å². The number of amides is 1. The van der Waals surface area contributed by atoms with Crippen LogP contribution in [0.25, 0.3) is 10.2 Å².